The first kappa shape index (κ1) is 14.0. The molecule has 20 heavy (non-hydrogen) atoms. The fraction of sp³-hybridized carbons (Fsp3) is 0.571. The van der Waals surface area contributed by atoms with Gasteiger partial charge in [0.1, 0.15) is 11.9 Å². The Morgan fingerprint density at radius 1 is 1.30 bits per heavy atom. The number of hydrogen-bond acceptors (Lipinski definition) is 4. The van der Waals surface area contributed by atoms with Gasteiger partial charge in [-0.2, -0.15) is 11.8 Å². The molecule has 6 heteroatoms. The molecule has 0 N–H and O–H groups in total. The molecule has 0 radical (unpaired) electrons. The van der Waals surface area contributed by atoms with Crippen molar-refractivity contribution in [2.75, 3.05) is 36.0 Å². The molecule has 2 fully saturated rings. The molecule has 0 spiro atoms. The van der Waals surface area contributed by atoms with E-state index < -0.39 is 0 Å². The van der Waals surface area contributed by atoms with Crippen LogP contribution >= 0.6 is 23.4 Å². The van der Waals surface area contributed by atoms with Gasteiger partial charge in [-0.05, 0) is 25.0 Å². The van der Waals surface area contributed by atoms with Crippen LogP contribution in [0.2, 0.25) is 5.02 Å². The Morgan fingerprint density at radius 3 is 2.80 bits per heavy atom. The van der Waals surface area contributed by atoms with Crippen LogP contribution in [0.4, 0.5) is 5.82 Å². The van der Waals surface area contributed by atoms with E-state index in [0.717, 1.165) is 49.8 Å². The molecule has 1 aromatic heterocycles. The molecule has 4 nitrogen and oxygen atoms in total. The Hall–Kier alpha value is -0.940. The average Bonchev–Trinajstić information content (AvgIpc) is 2.97. The molecule has 0 aliphatic carbocycles. The van der Waals surface area contributed by atoms with Crippen molar-refractivity contribution in [2.45, 2.75) is 18.9 Å². The van der Waals surface area contributed by atoms with Gasteiger partial charge in [0.05, 0.1) is 5.02 Å². The fourth-order valence-electron chi connectivity index (χ4n) is 2.83. The van der Waals surface area contributed by atoms with Crippen LogP contribution < -0.4 is 4.90 Å². The summed E-state index contributed by atoms with van der Waals surface area (Å²) in [6.07, 6.45) is 3.62. The minimum Gasteiger partial charge on any atom is -0.345 e. The summed E-state index contributed by atoms with van der Waals surface area (Å²) in [6, 6.07) is 3.69. The third kappa shape index (κ3) is 2.88. The van der Waals surface area contributed by atoms with Crippen LogP contribution in [-0.4, -0.2) is 53.0 Å². The van der Waals surface area contributed by atoms with Gasteiger partial charge in [-0.1, -0.05) is 11.6 Å². The number of halogens is 1. The quantitative estimate of drug-likeness (QED) is 0.839. The Balaban J connectivity index is 1.74. The SMILES string of the molecule is O=C(C1CCCN1c1ccc(Cl)cn1)N1CCSCC1. The van der Waals surface area contributed by atoms with Gasteiger partial charge in [0.15, 0.2) is 0 Å². The predicted molar refractivity (Wildman–Crippen MR) is 83.5 cm³/mol. The highest BCUT2D eigenvalue weighted by Crippen LogP contribution is 2.26. The predicted octanol–water partition coefficient (Wildman–Crippen LogP) is 2.28. The molecule has 2 aliphatic rings. The molecular formula is C14H18ClN3OS. The lowest BCUT2D eigenvalue weighted by Crippen LogP contribution is -2.48. The average molecular weight is 312 g/mol. The second-order valence-corrected chi connectivity index (χ2v) is 6.78. The summed E-state index contributed by atoms with van der Waals surface area (Å²) in [4.78, 5) is 21.2. The van der Waals surface area contributed by atoms with Gasteiger partial charge >= 0.3 is 0 Å². The van der Waals surface area contributed by atoms with Crippen LogP contribution in [0.15, 0.2) is 18.3 Å². The maximum absolute atomic E-state index is 12.7. The Morgan fingerprint density at radius 2 is 2.10 bits per heavy atom. The third-order valence-electron chi connectivity index (χ3n) is 3.87. The van der Waals surface area contributed by atoms with Gasteiger partial charge in [0.25, 0.3) is 0 Å². The zero-order chi connectivity index (χ0) is 13.9. The van der Waals surface area contributed by atoms with Crippen LogP contribution in [-0.2, 0) is 4.79 Å². The summed E-state index contributed by atoms with van der Waals surface area (Å²) in [5, 5.41) is 0.629. The van der Waals surface area contributed by atoms with Crippen LogP contribution in [0.25, 0.3) is 0 Å². The summed E-state index contributed by atoms with van der Waals surface area (Å²) in [7, 11) is 0. The minimum absolute atomic E-state index is 0.0493. The van der Waals surface area contributed by atoms with Gasteiger partial charge in [-0.3, -0.25) is 4.79 Å². The highest BCUT2D eigenvalue weighted by Gasteiger charge is 2.34. The van der Waals surface area contributed by atoms with E-state index in [9.17, 15) is 4.79 Å². The number of aromatic nitrogens is 1. The molecule has 3 rings (SSSR count). The van der Waals surface area contributed by atoms with E-state index in [2.05, 4.69) is 9.88 Å². The first-order valence-electron chi connectivity index (χ1n) is 7.00. The second kappa shape index (κ2) is 6.22. The summed E-state index contributed by atoms with van der Waals surface area (Å²) >= 11 is 7.80. The van der Waals surface area contributed by atoms with Crippen LogP contribution in [0.5, 0.6) is 0 Å². The number of thioether (sulfide) groups is 1. The van der Waals surface area contributed by atoms with Gasteiger partial charge < -0.3 is 9.80 Å². The molecule has 1 atom stereocenters. The maximum Gasteiger partial charge on any atom is 0.245 e. The first-order valence-corrected chi connectivity index (χ1v) is 8.54. The smallest absolute Gasteiger partial charge is 0.245 e. The van der Waals surface area contributed by atoms with E-state index in [4.69, 9.17) is 11.6 Å². The number of rotatable bonds is 2. The second-order valence-electron chi connectivity index (χ2n) is 5.12. The monoisotopic (exact) mass is 311 g/mol. The normalized spacial score (nSPS) is 23.1. The highest BCUT2D eigenvalue weighted by molar-refractivity contribution is 7.99. The van der Waals surface area contributed by atoms with Gasteiger partial charge in [0, 0.05) is 37.3 Å². The summed E-state index contributed by atoms with van der Waals surface area (Å²) in [6.45, 7) is 2.65. The van der Waals surface area contributed by atoms with Gasteiger partial charge in [0.2, 0.25) is 5.91 Å². The lowest BCUT2D eigenvalue weighted by molar-refractivity contribution is -0.132. The number of carbonyl (C=O) groups is 1. The molecular weight excluding hydrogens is 294 g/mol. The minimum atomic E-state index is -0.0493. The number of amides is 1. The Kier molecular flexibility index (Phi) is 4.36. The standard InChI is InChI=1S/C14H18ClN3OS/c15-11-3-4-13(16-10-11)18-5-1-2-12(18)14(19)17-6-8-20-9-7-17/h3-4,10,12H,1-2,5-9H2. The fourth-order valence-corrected chi connectivity index (χ4v) is 3.84. The topological polar surface area (TPSA) is 36.4 Å². The number of pyridine rings is 1. The zero-order valence-electron chi connectivity index (χ0n) is 11.3. The number of hydrogen-bond donors (Lipinski definition) is 0. The van der Waals surface area contributed by atoms with Crippen molar-refractivity contribution in [1.82, 2.24) is 9.88 Å². The molecule has 0 saturated carbocycles. The lowest BCUT2D eigenvalue weighted by atomic mass is 10.2. The van der Waals surface area contributed by atoms with Gasteiger partial charge in [-0.25, -0.2) is 4.98 Å². The van der Waals surface area contributed by atoms with E-state index in [0.29, 0.717) is 5.02 Å². The molecule has 3 heterocycles. The summed E-state index contributed by atoms with van der Waals surface area (Å²) in [5.74, 6) is 3.23. The van der Waals surface area contributed by atoms with Crippen molar-refractivity contribution in [3.63, 3.8) is 0 Å². The molecule has 108 valence electrons. The molecule has 1 unspecified atom stereocenters. The number of carbonyl (C=O) groups excluding carboxylic acids is 1. The third-order valence-corrected chi connectivity index (χ3v) is 5.03. The molecule has 0 bridgehead atoms. The number of anilines is 1. The molecule has 2 saturated heterocycles. The summed E-state index contributed by atoms with van der Waals surface area (Å²) < 4.78 is 0. The van der Waals surface area contributed by atoms with Gasteiger partial charge in [-0.15, -0.1) is 0 Å². The van der Waals surface area contributed by atoms with Crippen molar-refractivity contribution >= 4 is 35.1 Å². The first-order chi connectivity index (χ1) is 9.75. The summed E-state index contributed by atoms with van der Waals surface area (Å²) in [5.41, 5.74) is 0. The largest absolute Gasteiger partial charge is 0.345 e. The lowest BCUT2D eigenvalue weighted by Gasteiger charge is -2.32. The van der Waals surface area contributed by atoms with Crippen LogP contribution in [0.1, 0.15) is 12.8 Å². The van der Waals surface area contributed by atoms with E-state index >= 15 is 0 Å². The van der Waals surface area contributed by atoms with Crippen molar-refractivity contribution < 1.29 is 4.79 Å². The van der Waals surface area contributed by atoms with Crippen molar-refractivity contribution in [2.24, 2.45) is 0 Å². The molecule has 2 aliphatic heterocycles. The van der Waals surface area contributed by atoms with Crippen molar-refractivity contribution in [3.8, 4) is 0 Å². The van der Waals surface area contributed by atoms with Crippen molar-refractivity contribution in [3.05, 3.63) is 23.4 Å². The van der Waals surface area contributed by atoms with Crippen LogP contribution in [0.3, 0.4) is 0 Å². The van der Waals surface area contributed by atoms with E-state index in [1.807, 2.05) is 28.8 Å². The highest BCUT2D eigenvalue weighted by atomic mass is 35.5. The van der Waals surface area contributed by atoms with Crippen LogP contribution in [0, 0.1) is 0 Å². The molecule has 1 aromatic rings. The zero-order valence-corrected chi connectivity index (χ0v) is 12.9. The number of nitrogens with zero attached hydrogens (tertiary/aromatic N) is 3. The Labute approximate surface area is 128 Å². The maximum atomic E-state index is 12.7. The molecule has 1 amide bonds. The van der Waals surface area contributed by atoms with E-state index in [1.54, 1.807) is 6.20 Å². The van der Waals surface area contributed by atoms with E-state index in [1.165, 1.54) is 0 Å². The molecule has 0 aromatic carbocycles. The Bertz CT molecular complexity index is 476. The van der Waals surface area contributed by atoms with Crippen molar-refractivity contribution in [1.29, 1.82) is 0 Å². The van der Waals surface area contributed by atoms with E-state index in [-0.39, 0.29) is 11.9 Å².